The van der Waals surface area contributed by atoms with Gasteiger partial charge in [-0.25, -0.2) is 4.58 Å². The lowest BCUT2D eigenvalue weighted by Crippen LogP contribution is -2.27. The molecule has 3 aromatic rings. The molecule has 1 fully saturated rings. The van der Waals surface area contributed by atoms with Crippen LogP contribution in [0.1, 0.15) is 46.6 Å². The third-order valence-corrected chi connectivity index (χ3v) is 7.92. The number of rotatable bonds is 4. The van der Waals surface area contributed by atoms with Crippen molar-refractivity contribution in [1.82, 2.24) is 0 Å². The Balaban J connectivity index is 1.56. The van der Waals surface area contributed by atoms with Crippen molar-refractivity contribution in [2.75, 3.05) is 50.1 Å². The SMILES string of the molecule is CN1CCc2cc(C(C(c3ccccc3)=[N+]3CCCC3)c3ccc4c(c3)CCN4C)ccc21. The third kappa shape index (κ3) is 3.64. The molecular weight excluding hydrogens is 402 g/mol. The predicted octanol–water partition coefficient (Wildman–Crippen LogP) is 5.10. The molecule has 168 valence electrons. The van der Waals surface area contributed by atoms with Crippen LogP contribution in [0.15, 0.2) is 66.7 Å². The molecule has 0 unspecified atom stereocenters. The Hall–Kier alpha value is -3.07. The van der Waals surface area contributed by atoms with Crippen LogP contribution in [-0.2, 0) is 12.8 Å². The molecule has 0 saturated carbocycles. The summed E-state index contributed by atoms with van der Waals surface area (Å²) in [7, 11) is 4.43. The van der Waals surface area contributed by atoms with Gasteiger partial charge in [-0.2, -0.15) is 0 Å². The third-order valence-electron chi connectivity index (χ3n) is 7.92. The lowest BCUT2D eigenvalue weighted by atomic mass is 9.82. The molecule has 0 spiro atoms. The molecule has 3 aromatic carbocycles. The summed E-state index contributed by atoms with van der Waals surface area (Å²) >= 11 is 0. The monoisotopic (exact) mass is 436 g/mol. The predicted molar refractivity (Wildman–Crippen MR) is 138 cm³/mol. The smallest absolute Gasteiger partial charge is 0.195 e. The van der Waals surface area contributed by atoms with Gasteiger partial charge in [0.1, 0.15) is 13.1 Å². The number of anilines is 2. The highest BCUT2D eigenvalue weighted by molar-refractivity contribution is 6.04. The molecule has 0 N–H and O–H groups in total. The zero-order chi connectivity index (χ0) is 22.4. The lowest BCUT2D eigenvalue weighted by molar-refractivity contribution is -0.507. The van der Waals surface area contributed by atoms with E-state index < -0.39 is 0 Å². The van der Waals surface area contributed by atoms with E-state index in [-0.39, 0.29) is 5.92 Å². The van der Waals surface area contributed by atoms with Gasteiger partial charge < -0.3 is 9.80 Å². The van der Waals surface area contributed by atoms with Gasteiger partial charge in [0.25, 0.3) is 0 Å². The van der Waals surface area contributed by atoms with Gasteiger partial charge in [0.2, 0.25) is 0 Å². The fourth-order valence-corrected chi connectivity index (χ4v) is 6.14. The lowest BCUT2D eigenvalue weighted by Gasteiger charge is -2.22. The first-order chi connectivity index (χ1) is 16.2. The van der Waals surface area contributed by atoms with E-state index in [9.17, 15) is 0 Å². The van der Waals surface area contributed by atoms with E-state index in [2.05, 4.69) is 95.2 Å². The molecule has 0 bridgehead atoms. The molecule has 33 heavy (non-hydrogen) atoms. The van der Waals surface area contributed by atoms with Crippen LogP contribution >= 0.6 is 0 Å². The second-order valence-corrected chi connectivity index (χ2v) is 10.00. The van der Waals surface area contributed by atoms with Crippen LogP contribution in [0.2, 0.25) is 0 Å². The summed E-state index contributed by atoms with van der Waals surface area (Å²) in [5.41, 5.74) is 11.5. The summed E-state index contributed by atoms with van der Waals surface area (Å²) in [6, 6.07) is 25.6. The zero-order valence-corrected chi connectivity index (χ0v) is 19.9. The van der Waals surface area contributed by atoms with Crippen LogP contribution in [0.3, 0.4) is 0 Å². The average Bonchev–Trinajstić information content (AvgIpc) is 3.59. The fourth-order valence-electron chi connectivity index (χ4n) is 6.14. The van der Waals surface area contributed by atoms with E-state index in [4.69, 9.17) is 0 Å². The highest BCUT2D eigenvalue weighted by Crippen LogP contribution is 2.37. The summed E-state index contributed by atoms with van der Waals surface area (Å²) < 4.78 is 2.67. The highest BCUT2D eigenvalue weighted by Gasteiger charge is 2.33. The maximum Gasteiger partial charge on any atom is 0.195 e. The number of hydrogen-bond acceptors (Lipinski definition) is 2. The highest BCUT2D eigenvalue weighted by atomic mass is 15.1. The van der Waals surface area contributed by atoms with Crippen molar-refractivity contribution in [3.63, 3.8) is 0 Å². The second-order valence-electron chi connectivity index (χ2n) is 10.00. The molecule has 0 radical (unpaired) electrons. The van der Waals surface area contributed by atoms with Crippen LogP contribution in [0.5, 0.6) is 0 Å². The van der Waals surface area contributed by atoms with Gasteiger partial charge in [0, 0.05) is 57.0 Å². The van der Waals surface area contributed by atoms with Crippen molar-refractivity contribution in [2.24, 2.45) is 0 Å². The van der Waals surface area contributed by atoms with Crippen molar-refractivity contribution in [3.05, 3.63) is 94.5 Å². The molecule has 3 nitrogen and oxygen atoms in total. The molecule has 0 aliphatic carbocycles. The minimum Gasteiger partial charge on any atom is -0.374 e. The topological polar surface area (TPSA) is 9.49 Å². The van der Waals surface area contributed by atoms with Crippen molar-refractivity contribution in [3.8, 4) is 0 Å². The molecular formula is C30H34N3+. The molecule has 3 heterocycles. The number of likely N-dealkylation sites (N-methyl/N-ethyl adjacent to an activating group) is 2. The number of hydrogen-bond donors (Lipinski definition) is 0. The van der Waals surface area contributed by atoms with E-state index >= 15 is 0 Å². The first kappa shape index (κ1) is 20.5. The molecule has 3 aliphatic heterocycles. The largest absolute Gasteiger partial charge is 0.374 e. The standard InChI is InChI=1S/C30H34N3/c1-31-18-14-23-20-25(10-12-27(23)31)29(26-11-13-28-24(21-26)15-19-32(28)2)30(33-16-6-7-17-33)22-8-4-3-5-9-22/h3-5,8-13,20-21,29H,6-7,14-19H2,1-2H3/q+1. The van der Waals surface area contributed by atoms with Crippen LogP contribution in [-0.4, -0.2) is 50.6 Å². The normalized spacial score (nSPS) is 17.1. The Bertz CT molecular complexity index is 1140. The summed E-state index contributed by atoms with van der Waals surface area (Å²) in [5, 5.41) is 0. The van der Waals surface area contributed by atoms with E-state index in [0.29, 0.717) is 0 Å². The molecule has 1 saturated heterocycles. The van der Waals surface area contributed by atoms with Gasteiger partial charge in [-0.05, 0) is 59.4 Å². The van der Waals surface area contributed by atoms with Crippen molar-refractivity contribution < 1.29 is 4.58 Å². The fraction of sp³-hybridized carbons (Fsp3) is 0.367. The maximum absolute atomic E-state index is 2.67. The number of benzene rings is 3. The van der Waals surface area contributed by atoms with E-state index in [1.807, 2.05) is 0 Å². The molecule has 0 aromatic heterocycles. The van der Waals surface area contributed by atoms with E-state index in [0.717, 1.165) is 39.0 Å². The Morgan fingerprint density at radius 2 is 1.27 bits per heavy atom. The van der Waals surface area contributed by atoms with Gasteiger partial charge in [-0.1, -0.05) is 42.5 Å². The minimum absolute atomic E-state index is 0.248. The molecule has 3 heteroatoms. The molecule has 0 atom stereocenters. The van der Waals surface area contributed by atoms with Crippen LogP contribution in [0.25, 0.3) is 0 Å². The quantitative estimate of drug-likeness (QED) is 0.527. The van der Waals surface area contributed by atoms with Crippen LogP contribution in [0, 0.1) is 0 Å². The van der Waals surface area contributed by atoms with Crippen molar-refractivity contribution in [2.45, 2.75) is 31.6 Å². The Morgan fingerprint density at radius 1 is 0.727 bits per heavy atom. The van der Waals surface area contributed by atoms with Gasteiger partial charge >= 0.3 is 0 Å². The Kier molecular flexibility index (Phi) is 5.21. The first-order valence-electron chi connectivity index (χ1n) is 12.5. The Labute approximate surface area is 198 Å². The summed E-state index contributed by atoms with van der Waals surface area (Å²) in [5.74, 6) is 0.248. The number of fused-ring (bicyclic) bond motifs is 2. The molecule has 3 aliphatic rings. The minimum atomic E-state index is 0.248. The van der Waals surface area contributed by atoms with Gasteiger partial charge in [0.15, 0.2) is 5.71 Å². The summed E-state index contributed by atoms with van der Waals surface area (Å²) in [6.07, 6.45) is 4.86. The molecule has 6 rings (SSSR count). The van der Waals surface area contributed by atoms with Gasteiger partial charge in [-0.15, -0.1) is 0 Å². The molecule has 0 amide bonds. The van der Waals surface area contributed by atoms with E-state index in [1.54, 1.807) is 0 Å². The van der Waals surface area contributed by atoms with Crippen LogP contribution in [0.4, 0.5) is 11.4 Å². The second kappa shape index (κ2) is 8.37. The summed E-state index contributed by atoms with van der Waals surface area (Å²) in [6.45, 7) is 4.55. The first-order valence-corrected chi connectivity index (χ1v) is 12.5. The van der Waals surface area contributed by atoms with Gasteiger partial charge in [0.05, 0.1) is 5.92 Å². The summed E-state index contributed by atoms with van der Waals surface area (Å²) in [4.78, 5) is 4.78. The Morgan fingerprint density at radius 3 is 1.82 bits per heavy atom. The number of nitrogens with zero attached hydrogens (tertiary/aromatic N) is 3. The average molecular weight is 437 g/mol. The van der Waals surface area contributed by atoms with Crippen molar-refractivity contribution in [1.29, 1.82) is 0 Å². The van der Waals surface area contributed by atoms with Crippen LogP contribution < -0.4 is 9.80 Å². The van der Waals surface area contributed by atoms with Crippen molar-refractivity contribution >= 4 is 17.1 Å². The van der Waals surface area contributed by atoms with E-state index in [1.165, 1.54) is 57.7 Å². The zero-order valence-electron chi connectivity index (χ0n) is 19.9. The van der Waals surface area contributed by atoms with Gasteiger partial charge in [-0.3, -0.25) is 0 Å². The maximum atomic E-state index is 2.67.